The lowest BCUT2D eigenvalue weighted by atomic mass is 9.91. The normalized spacial score (nSPS) is 12.3. The van der Waals surface area contributed by atoms with Gasteiger partial charge in [0.25, 0.3) is 0 Å². The highest BCUT2D eigenvalue weighted by atomic mass is 15.0. The molecule has 0 amide bonds. The van der Waals surface area contributed by atoms with Crippen LogP contribution in [0.15, 0.2) is 219 Å². The summed E-state index contributed by atoms with van der Waals surface area (Å²) >= 11 is 0. The van der Waals surface area contributed by atoms with Gasteiger partial charge in [-0.15, -0.1) is 0 Å². The molecule has 0 spiro atoms. The standard InChI is InChI=1S/C58H44N4/c1-5-22-39(7-3)49-36-43(52-38-51(40(8-4)23-6-2)59-58(60-52)42-26-14-10-15-27-42)37-50(41-24-12-9-13-25-41)55(49)62-54-33-21-19-31-46(54)48-35-34-47-45-30-18-20-32-53(45)61(56(47)57(48)62)44-28-16-11-17-29-44/h5-38H,1,3H2,2,4H3/b23-6-,39-22+,40-8+. The molecule has 0 unspecified atom stereocenters. The smallest absolute Gasteiger partial charge is 0.160 e. The summed E-state index contributed by atoms with van der Waals surface area (Å²) in [7, 11) is 0. The molecule has 0 N–H and O–H groups in total. The fraction of sp³-hybridized carbons (Fsp3) is 0.0345. The molecule has 0 radical (unpaired) electrons. The Kier molecular flexibility index (Phi) is 9.95. The van der Waals surface area contributed by atoms with Gasteiger partial charge in [-0.3, -0.25) is 0 Å². The van der Waals surface area contributed by atoms with Crippen LogP contribution in [0, 0.1) is 0 Å². The first-order valence-corrected chi connectivity index (χ1v) is 21.1. The van der Waals surface area contributed by atoms with Gasteiger partial charge in [0.05, 0.1) is 39.1 Å². The number of para-hydroxylation sites is 3. The summed E-state index contributed by atoms with van der Waals surface area (Å²) in [4.78, 5) is 10.5. The second-order valence-electron chi connectivity index (χ2n) is 15.3. The third-order valence-corrected chi connectivity index (χ3v) is 11.7. The van der Waals surface area contributed by atoms with Gasteiger partial charge in [0.1, 0.15) is 0 Å². The summed E-state index contributed by atoms with van der Waals surface area (Å²) in [6, 6.07) is 60.5. The number of benzene rings is 7. The molecule has 10 aromatic rings. The third-order valence-electron chi connectivity index (χ3n) is 11.7. The molecule has 0 aliphatic carbocycles. The van der Waals surface area contributed by atoms with E-state index in [-0.39, 0.29) is 0 Å². The summed E-state index contributed by atoms with van der Waals surface area (Å²) in [5.41, 5.74) is 15.3. The SMILES string of the molecule is C=C/C=C(\C=C)c1cc(-c2cc(C(/C=C\C)=C/C)nc(-c3ccccc3)n2)cc(-c2ccccc2)c1-n1c2ccccc2c2ccc3c4ccccc4n(-c4ccccc4)c3c21. The van der Waals surface area contributed by atoms with Gasteiger partial charge in [0.15, 0.2) is 5.82 Å². The van der Waals surface area contributed by atoms with E-state index in [4.69, 9.17) is 9.97 Å². The summed E-state index contributed by atoms with van der Waals surface area (Å²) in [6.45, 7) is 12.7. The summed E-state index contributed by atoms with van der Waals surface area (Å²) in [5.74, 6) is 0.665. The van der Waals surface area contributed by atoms with Crippen LogP contribution in [0.2, 0.25) is 0 Å². The van der Waals surface area contributed by atoms with Gasteiger partial charge >= 0.3 is 0 Å². The summed E-state index contributed by atoms with van der Waals surface area (Å²) < 4.78 is 4.93. The van der Waals surface area contributed by atoms with E-state index in [0.717, 1.165) is 83.8 Å². The van der Waals surface area contributed by atoms with E-state index in [9.17, 15) is 0 Å². The predicted molar refractivity (Wildman–Crippen MR) is 264 cm³/mol. The number of hydrogen-bond acceptors (Lipinski definition) is 2. The molecule has 62 heavy (non-hydrogen) atoms. The maximum atomic E-state index is 5.32. The largest absolute Gasteiger partial charge is 0.307 e. The van der Waals surface area contributed by atoms with Crippen LogP contribution in [0.3, 0.4) is 0 Å². The van der Waals surface area contributed by atoms with Gasteiger partial charge in [-0.25, -0.2) is 9.97 Å². The number of rotatable bonds is 10. The fourth-order valence-corrected chi connectivity index (χ4v) is 9.02. The zero-order valence-corrected chi connectivity index (χ0v) is 34.8. The van der Waals surface area contributed by atoms with Gasteiger partial charge < -0.3 is 9.13 Å². The lowest BCUT2D eigenvalue weighted by Gasteiger charge is -2.22. The van der Waals surface area contributed by atoms with Gasteiger partial charge in [0, 0.05) is 49.5 Å². The quantitative estimate of drug-likeness (QED) is 0.129. The molecule has 10 rings (SSSR count). The second-order valence-corrected chi connectivity index (χ2v) is 15.3. The van der Waals surface area contributed by atoms with Crippen molar-refractivity contribution in [2.45, 2.75) is 13.8 Å². The Morgan fingerprint density at radius 2 is 1.11 bits per heavy atom. The first-order chi connectivity index (χ1) is 30.6. The minimum absolute atomic E-state index is 0.665. The topological polar surface area (TPSA) is 35.6 Å². The van der Waals surface area contributed by atoms with Crippen molar-refractivity contribution in [2.24, 2.45) is 0 Å². The van der Waals surface area contributed by atoms with E-state index >= 15 is 0 Å². The van der Waals surface area contributed by atoms with Crippen molar-refractivity contribution >= 4 is 54.8 Å². The predicted octanol–water partition coefficient (Wildman–Crippen LogP) is 15.4. The fourth-order valence-electron chi connectivity index (χ4n) is 9.02. The third kappa shape index (κ3) is 6.41. The molecule has 3 aromatic heterocycles. The molecule has 296 valence electrons. The molecule has 0 fully saturated rings. The molecule has 0 atom stereocenters. The number of hydrogen-bond donors (Lipinski definition) is 0. The Balaban J connectivity index is 1.40. The zero-order chi connectivity index (χ0) is 42.2. The van der Waals surface area contributed by atoms with Crippen molar-refractivity contribution in [3.8, 4) is 45.1 Å². The van der Waals surface area contributed by atoms with E-state index in [2.05, 4.69) is 205 Å². The second kappa shape index (κ2) is 16.2. The number of allylic oxidation sites excluding steroid dienone is 8. The van der Waals surface area contributed by atoms with Gasteiger partial charge in [0.2, 0.25) is 0 Å². The van der Waals surface area contributed by atoms with Gasteiger partial charge in [-0.05, 0) is 73.0 Å². The zero-order valence-electron chi connectivity index (χ0n) is 34.8. The highest BCUT2D eigenvalue weighted by molar-refractivity contribution is 6.24. The Labute approximate surface area is 362 Å². The van der Waals surface area contributed by atoms with Crippen LogP contribution in [-0.2, 0) is 0 Å². The van der Waals surface area contributed by atoms with E-state index in [1.165, 1.54) is 21.5 Å². The van der Waals surface area contributed by atoms with Gasteiger partial charge in [-0.1, -0.05) is 177 Å². The first kappa shape index (κ1) is 38.1. The van der Waals surface area contributed by atoms with Crippen molar-refractivity contribution < 1.29 is 0 Å². The Hall–Kier alpha value is -8.08. The van der Waals surface area contributed by atoms with Crippen LogP contribution in [0.4, 0.5) is 0 Å². The maximum Gasteiger partial charge on any atom is 0.160 e. The van der Waals surface area contributed by atoms with Crippen LogP contribution in [0.5, 0.6) is 0 Å². The average Bonchev–Trinajstić information content (AvgIpc) is 3.86. The molecule has 0 saturated carbocycles. The number of aromatic nitrogens is 4. The molecule has 0 bridgehead atoms. The van der Waals surface area contributed by atoms with E-state index in [0.29, 0.717) is 5.82 Å². The van der Waals surface area contributed by atoms with Crippen molar-refractivity contribution in [1.82, 2.24) is 19.1 Å². The minimum Gasteiger partial charge on any atom is -0.307 e. The maximum absolute atomic E-state index is 5.32. The van der Waals surface area contributed by atoms with E-state index in [1.807, 2.05) is 37.3 Å². The van der Waals surface area contributed by atoms with Crippen molar-refractivity contribution in [1.29, 1.82) is 0 Å². The van der Waals surface area contributed by atoms with Crippen molar-refractivity contribution in [3.63, 3.8) is 0 Å². The molecule has 0 aliphatic heterocycles. The molecule has 4 nitrogen and oxygen atoms in total. The Bertz CT molecular complexity index is 3430. The highest BCUT2D eigenvalue weighted by Crippen LogP contribution is 2.46. The molecule has 3 heterocycles. The van der Waals surface area contributed by atoms with Gasteiger partial charge in [-0.2, -0.15) is 0 Å². The molecule has 0 aliphatic rings. The molecular formula is C58H44N4. The van der Waals surface area contributed by atoms with Crippen molar-refractivity contribution in [2.75, 3.05) is 0 Å². The average molecular weight is 797 g/mol. The monoisotopic (exact) mass is 796 g/mol. The molecule has 0 saturated heterocycles. The number of fused-ring (bicyclic) bond motifs is 7. The van der Waals surface area contributed by atoms with Crippen LogP contribution >= 0.6 is 0 Å². The van der Waals surface area contributed by atoms with Crippen LogP contribution < -0.4 is 0 Å². The van der Waals surface area contributed by atoms with Crippen LogP contribution in [-0.4, -0.2) is 19.1 Å². The first-order valence-electron chi connectivity index (χ1n) is 21.1. The van der Waals surface area contributed by atoms with Crippen LogP contribution in [0.25, 0.3) is 99.9 Å². The highest BCUT2D eigenvalue weighted by Gasteiger charge is 2.26. The van der Waals surface area contributed by atoms with E-state index in [1.54, 1.807) is 0 Å². The minimum atomic E-state index is 0.665. The lowest BCUT2D eigenvalue weighted by molar-refractivity contribution is 1.14. The Morgan fingerprint density at radius 1 is 0.532 bits per heavy atom. The van der Waals surface area contributed by atoms with Crippen molar-refractivity contribution in [3.05, 3.63) is 231 Å². The molecule has 7 aromatic carbocycles. The lowest BCUT2D eigenvalue weighted by Crippen LogP contribution is -2.05. The summed E-state index contributed by atoms with van der Waals surface area (Å²) in [6.07, 6.45) is 12.1. The molecular weight excluding hydrogens is 753 g/mol. The summed E-state index contributed by atoms with van der Waals surface area (Å²) in [5, 5.41) is 4.74. The number of nitrogens with zero attached hydrogens (tertiary/aromatic N) is 4. The van der Waals surface area contributed by atoms with Crippen LogP contribution in [0.1, 0.15) is 25.1 Å². The van der Waals surface area contributed by atoms with E-state index < -0.39 is 0 Å². The molecule has 4 heteroatoms. The Morgan fingerprint density at radius 3 is 1.73 bits per heavy atom.